The van der Waals surface area contributed by atoms with Crippen molar-refractivity contribution in [2.75, 3.05) is 33.4 Å². The number of nitrogens with one attached hydrogen (secondary N) is 1. The number of ether oxygens (including phenoxy) is 2. The van der Waals surface area contributed by atoms with Crippen molar-refractivity contribution in [3.63, 3.8) is 0 Å². The second-order valence-corrected chi connectivity index (χ2v) is 4.85. The highest BCUT2D eigenvalue weighted by Gasteiger charge is 2.29. The van der Waals surface area contributed by atoms with E-state index in [1.807, 2.05) is 6.92 Å². The van der Waals surface area contributed by atoms with Gasteiger partial charge < -0.3 is 19.7 Å². The lowest BCUT2D eigenvalue weighted by Gasteiger charge is -2.31. The average molecular weight is 272 g/mol. The predicted octanol–water partition coefficient (Wildman–Crippen LogP) is 1.01. The van der Waals surface area contributed by atoms with Crippen LogP contribution < -0.4 is 5.32 Å². The maximum absolute atomic E-state index is 12.1. The molecule has 0 radical (unpaired) electrons. The van der Waals surface area contributed by atoms with Crippen molar-refractivity contribution < 1.29 is 19.1 Å². The lowest BCUT2D eigenvalue weighted by Crippen LogP contribution is -2.47. The quantitative estimate of drug-likeness (QED) is 0.811. The van der Waals surface area contributed by atoms with Crippen LogP contribution in [0.4, 0.5) is 4.79 Å². The largest absolute Gasteiger partial charge is 0.450 e. The van der Waals surface area contributed by atoms with Gasteiger partial charge >= 0.3 is 6.09 Å². The van der Waals surface area contributed by atoms with Crippen LogP contribution in [0.3, 0.4) is 0 Å². The van der Waals surface area contributed by atoms with Gasteiger partial charge in [-0.3, -0.25) is 4.79 Å². The Morgan fingerprint density at radius 2 is 2.21 bits per heavy atom. The number of nitrogens with zero attached hydrogens (tertiary/aromatic N) is 1. The van der Waals surface area contributed by atoms with E-state index in [4.69, 9.17) is 9.47 Å². The molecule has 6 heteroatoms. The molecule has 1 N–H and O–H groups in total. The van der Waals surface area contributed by atoms with Crippen LogP contribution >= 0.6 is 0 Å². The first kappa shape index (κ1) is 15.8. The Kier molecular flexibility index (Phi) is 6.62. The molecule has 1 aliphatic rings. The Labute approximate surface area is 114 Å². The summed E-state index contributed by atoms with van der Waals surface area (Å²) in [4.78, 5) is 25.3. The van der Waals surface area contributed by atoms with Gasteiger partial charge in [0.2, 0.25) is 5.91 Å². The molecule has 110 valence electrons. The molecule has 1 aliphatic heterocycles. The van der Waals surface area contributed by atoms with Crippen LogP contribution in [0.15, 0.2) is 0 Å². The van der Waals surface area contributed by atoms with Crippen molar-refractivity contribution in [1.82, 2.24) is 10.2 Å². The number of methoxy groups -OCH3 is 1. The van der Waals surface area contributed by atoms with E-state index in [-0.39, 0.29) is 24.0 Å². The third-order valence-corrected chi connectivity index (χ3v) is 3.12. The van der Waals surface area contributed by atoms with Crippen molar-refractivity contribution in [1.29, 1.82) is 0 Å². The summed E-state index contributed by atoms with van der Waals surface area (Å²) in [6.07, 6.45) is 1.31. The molecule has 1 heterocycles. The van der Waals surface area contributed by atoms with Gasteiger partial charge in [0.15, 0.2) is 0 Å². The molecule has 6 nitrogen and oxygen atoms in total. The first-order valence-corrected chi connectivity index (χ1v) is 6.79. The highest BCUT2D eigenvalue weighted by molar-refractivity contribution is 5.80. The van der Waals surface area contributed by atoms with Gasteiger partial charge in [0.25, 0.3) is 0 Å². The standard InChI is InChI=1S/C13H24N2O4/c1-4-19-13(17)15-7-5-6-11(8-15)12(16)14-10(2)9-18-3/h10-11H,4-9H2,1-3H3,(H,14,16). The minimum atomic E-state index is -0.329. The fourth-order valence-electron chi connectivity index (χ4n) is 2.22. The molecule has 1 fully saturated rings. The summed E-state index contributed by atoms with van der Waals surface area (Å²) in [6.45, 7) is 5.61. The van der Waals surface area contributed by atoms with Crippen LogP contribution in [0.2, 0.25) is 0 Å². The molecule has 0 aliphatic carbocycles. The molecule has 19 heavy (non-hydrogen) atoms. The van der Waals surface area contributed by atoms with Crippen molar-refractivity contribution in [2.24, 2.45) is 5.92 Å². The highest BCUT2D eigenvalue weighted by atomic mass is 16.6. The van der Waals surface area contributed by atoms with Crippen LogP contribution in [-0.4, -0.2) is 56.4 Å². The van der Waals surface area contributed by atoms with E-state index in [9.17, 15) is 9.59 Å². The van der Waals surface area contributed by atoms with E-state index in [1.54, 1.807) is 18.9 Å². The minimum Gasteiger partial charge on any atom is -0.450 e. The molecular formula is C13H24N2O4. The Morgan fingerprint density at radius 1 is 1.47 bits per heavy atom. The van der Waals surface area contributed by atoms with Gasteiger partial charge in [-0.25, -0.2) is 4.79 Å². The number of rotatable bonds is 5. The van der Waals surface area contributed by atoms with Gasteiger partial charge in [-0.15, -0.1) is 0 Å². The molecule has 2 amide bonds. The first-order chi connectivity index (χ1) is 9.08. The second-order valence-electron chi connectivity index (χ2n) is 4.85. The zero-order valence-corrected chi connectivity index (χ0v) is 12.0. The fourth-order valence-corrected chi connectivity index (χ4v) is 2.22. The van der Waals surface area contributed by atoms with E-state index >= 15 is 0 Å². The van der Waals surface area contributed by atoms with Crippen LogP contribution in [-0.2, 0) is 14.3 Å². The monoisotopic (exact) mass is 272 g/mol. The van der Waals surface area contributed by atoms with E-state index in [2.05, 4.69) is 5.32 Å². The summed E-state index contributed by atoms with van der Waals surface area (Å²) < 4.78 is 9.95. The van der Waals surface area contributed by atoms with E-state index in [0.29, 0.717) is 26.3 Å². The number of piperidine rings is 1. The predicted molar refractivity (Wildman–Crippen MR) is 70.8 cm³/mol. The molecule has 2 unspecified atom stereocenters. The van der Waals surface area contributed by atoms with Crippen LogP contribution in [0, 0.1) is 5.92 Å². The topological polar surface area (TPSA) is 67.9 Å². The van der Waals surface area contributed by atoms with Gasteiger partial charge in [-0.05, 0) is 26.7 Å². The van der Waals surface area contributed by atoms with E-state index < -0.39 is 0 Å². The molecule has 0 saturated carbocycles. The molecule has 0 aromatic rings. The van der Waals surface area contributed by atoms with E-state index in [1.165, 1.54) is 0 Å². The molecule has 1 saturated heterocycles. The number of amides is 2. The Bertz CT molecular complexity index is 309. The number of carbonyl (C=O) groups is 2. The normalized spacial score (nSPS) is 20.8. The molecular weight excluding hydrogens is 248 g/mol. The summed E-state index contributed by atoms with van der Waals surface area (Å²) in [7, 11) is 1.60. The number of likely N-dealkylation sites (tertiary alicyclic amines) is 1. The Morgan fingerprint density at radius 3 is 2.84 bits per heavy atom. The third kappa shape index (κ3) is 5.06. The molecule has 0 aromatic carbocycles. The Hall–Kier alpha value is -1.30. The lowest BCUT2D eigenvalue weighted by molar-refractivity contribution is -0.127. The number of hydrogen-bond donors (Lipinski definition) is 1. The zero-order valence-electron chi connectivity index (χ0n) is 12.0. The minimum absolute atomic E-state index is 0.0152. The van der Waals surface area contributed by atoms with Gasteiger partial charge in [0.1, 0.15) is 0 Å². The van der Waals surface area contributed by atoms with Crippen molar-refractivity contribution in [3.8, 4) is 0 Å². The van der Waals surface area contributed by atoms with Crippen molar-refractivity contribution in [2.45, 2.75) is 32.7 Å². The average Bonchev–Trinajstić information content (AvgIpc) is 2.39. The molecule has 1 rings (SSSR count). The molecule has 0 aromatic heterocycles. The maximum atomic E-state index is 12.1. The first-order valence-electron chi connectivity index (χ1n) is 6.79. The summed E-state index contributed by atoms with van der Waals surface area (Å²) in [5.41, 5.74) is 0. The highest BCUT2D eigenvalue weighted by Crippen LogP contribution is 2.17. The summed E-state index contributed by atoms with van der Waals surface area (Å²) in [5.74, 6) is -0.170. The number of carbonyl (C=O) groups excluding carboxylic acids is 2. The number of hydrogen-bond acceptors (Lipinski definition) is 4. The smallest absolute Gasteiger partial charge is 0.409 e. The molecule has 0 bridgehead atoms. The summed E-state index contributed by atoms with van der Waals surface area (Å²) in [5, 5.41) is 2.90. The zero-order chi connectivity index (χ0) is 14.3. The van der Waals surface area contributed by atoms with Crippen molar-refractivity contribution in [3.05, 3.63) is 0 Å². The van der Waals surface area contributed by atoms with Gasteiger partial charge in [0, 0.05) is 26.2 Å². The van der Waals surface area contributed by atoms with Crippen LogP contribution in [0.1, 0.15) is 26.7 Å². The fraction of sp³-hybridized carbons (Fsp3) is 0.846. The molecule has 0 spiro atoms. The SMILES string of the molecule is CCOC(=O)N1CCCC(C(=O)NC(C)COC)C1. The Balaban J connectivity index is 2.45. The summed E-state index contributed by atoms with van der Waals surface area (Å²) in [6, 6.07) is -0.0181. The van der Waals surface area contributed by atoms with Gasteiger partial charge in [-0.1, -0.05) is 0 Å². The molecule has 2 atom stereocenters. The third-order valence-electron chi connectivity index (χ3n) is 3.12. The van der Waals surface area contributed by atoms with Crippen molar-refractivity contribution >= 4 is 12.0 Å². The lowest BCUT2D eigenvalue weighted by atomic mass is 9.97. The van der Waals surface area contributed by atoms with Crippen LogP contribution in [0.25, 0.3) is 0 Å². The summed E-state index contributed by atoms with van der Waals surface area (Å²) >= 11 is 0. The van der Waals surface area contributed by atoms with Gasteiger partial charge in [0.05, 0.1) is 19.1 Å². The van der Waals surface area contributed by atoms with Crippen LogP contribution in [0.5, 0.6) is 0 Å². The van der Waals surface area contributed by atoms with E-state index in [0.717, 1.165) is 12.8 Å². The van der Waals surface area contributed by atoms with Gasteiger partial charge in [-0.2, -0.15) is 0 Å². The second kappa shape index (κ2) is 7.99. The maximum Gasteiger partial charge on any atom is 0.409 e.